The number of nitrogens with zero attached hydrogens (tertiary/aromatic N) is 1. The number of Topliss-reactive ketones (excluding diaryl/α,β-unsaturated/α-hetero) is 1. The summed E-state index contributed by atoms with van der Waals surface area (Å²) >= 11 is 3.16. The van der Waals surface area contributed by atoms with Crippen LogP contribution in [0.5, 0.6) is 0 Å². The number of carbonyl (C=O) groups is 3. The third-order valence-corrected chi connectivity index (χ3v) is 2.90. The summed E-state index contributed by atoms with van der Waals surface area (Å²) in [5.74, 6) is -2.64. The average Bonchev–Trinajstić information content (AvgIpc) is 2.44. The van der Waals surface area contributed by atoms with E-state index in [4.69, 9.17) is 5.11 Å². The summed E-state index contributed by atoms with van der Waals surface area (Å²) in [4.78, 5) is 34.7. The Balaban J connectivity index is 2.54. The molecule has 1 N–H and O–H groups in total. The molecular weight excluding hydrogens is 278 g/mol. The summed E-state index contributed by atoms with van der Waals surface area (Å²) in [5.41, 5.74) is 0.570. The molecule has 0 unspecified atom stereocenters. The topological polar surface area (TPSA) is 74.7 Å². The molecule has 0 spiro atoms. The first-order chi connectivity index (χ1) is 7.52. The van der Waals surface area contributed by atoms with E-state index in [0.717, 1.165) is 4.90 Å². The number of amides is 1. The van der Waals surface area contributed by atoms with Gasteiger partial charge in [0, 0.05) is 4.47 Å². The molecule has 2 rings (SSSR count). The molecule has 0 fully saturated rings. The SMILES string of the molecule is O=C(O)CN1C(=O)C(=O)c2c(Br)cccc21. The predicted octanol–water partition coefficient (Wildman–Crippen LogP) is 1.06. The van der Waals surface area contributed by atoms with Gasteiger partial charge in [-0.25, -0.2) is 0 Å². The molecule has 1 aliphatic rings. The highest BCUT2D eigenvalue weighted by Gasteiger charge is 2.38. The number of carbonyl (C=O) groups excluding carboxylic acids is 2. The van der Waals surface area contributed by atoms with Gasteiger partial charge < -0.3 is 5.11 Å². The highest BCUT2D eigenvalue weighted by atomic mass is 79.9. The zero-order valence-electron chi connectivity index (χ0n) is 7.94. The van der Waals surface area contributed by atoms with Crippen LogP contribution in [0.25, 0.3) is 0 Å². The Labute approximate surface area is 98.8 Å². The fourth-order valence-corrected chi connectivity index (χ4v) is 2.13. The molecule has 0 bridgehead atoms. The van der Waals surface area contributed by atoms with Gasteiger partial charge in [0.25, 0.3) is 11.7 Å². The number of carboxylic acid groups (broad SMARTS) is 1. The Kier molecular flexibility index (Phi) is 2.51. The lowest BCUT2D eigenvalue weighted by Crippen LogP contribution is -2.34. The smallest absolute Gasteiger partial charge is 0.323 e. The summed E-state index contributed by atoms with van der Waals surface area (Å²) in [5, 5.41) is 8.66. The molecule has 16 heavy (non-hydrogen) atoms. The van der Waals surface area contributed by atoms with Crippen molar-refractivity contribution >= 4 is 39.3 Å². The molecule has 0 aliphatic carbocycles. The second-order valence-electron chi connectivity index (χ2n) is 3.25. The lowest BCUT2D eigenvalue weighted by Gasteiger charge is -2.13. The molecule has 1 aromatic rings. The van der Waals surface area contributed by atoms with E-state index in [9.17, 15) is 14.4 Å². The van der Waals surface area contributed by atoms with Crippen molar-refractivity contribution in [1.82, 2.24) is 0 Å². The van der Waals surface area contributed by atoms with Gasteiger partial charge in [-0.3, -0.25) is 19.3 Å². The zero-order chi connectivity index (χ0) is 11.9. The summed E-state index contributed by atoms with van der Waals surface area (Å²) in [7, 11) is 0. The minimum Gasteiger partial charge on any atom is -0.480 e. The summed E-state index contributed by atoms with van der Waals surface area (Å²) in [6.07, 6.45) is 0. The molecule has 0 saturated carbocycles. The quantitative estimate of drug-likeness (QED) is 0.824. The molecule has 0 aromatic heterocycles. The highest BCUT2D eigenvalue weighted by molar-refractivity contribution is 9.10. The van der Waals surface area contributed by atoms with Gasteiger partial charge in [0.2, 0.25) is 0 Å². The first kappa shape index (κ1) is 10.8. The predicted molar refractivity (Wildman–Crippen MR) is 58.5 cm³/mol. The maximum Gasteiger partial charge on any atom is 0.323 e. The van der Waals surface area contributed by atoms with Crippen molar-refractivity contribution < 1.29 is 19.5 Å². The molecule has 6 heteroatoms. The molecule has 1 amide bonds. The van der Waals surface area contributed by atoms with E-state index in [1.54, 1.807) is 18.2 Å². The monoisotopic (exact) mass is 283 g/mol. The number of anilines is 1. The van der Waals surface area contributed by atoms with Crippen molar-refractivity contribution in [3.8, 4) is 0 Å². The van der Waals surface area contributed by atoms with Crippen molar-refractivity contribution in [2.75, 3.05) is 11.4 Å². The molecule has 1 aromatic carbocycles. The van der Waals surface area contributed by atoms with Gasteiger partial charge >= 0.3 is 5.97 Å². The van der Waals surface area contributed by atoms with Gasteiger partial charge in [0.1, 0.15) is 6.54 Å². The van der Waals surface area contributed by atoms with E-state index in [1.165, 1.54) is 0 Å². The van der Waals surface area contributed by atoms with Crippen LogP contribution in [0.1, 0.15) is 10.4 Å². The minimum absolute atomic E-state index is 0.230. The molecule has 0 saturated heterocycles. The third-order valence-electron chi connectivity index (χ3n) is 2.24. The first-order valence-electron chi connectivity index (χ1n) is 4.39. The molecule has 1 heterocycles. The summed E-state index contributed by atoms with van der Waals surface area (Å²) in [6.45, 7) is -0.506. The number of ketones is 1. The second kappa shape index (κ2) is 3.71. The van der Waals surface area contributed by atoms with Gasteiger partial charge in [-0.2, -0.15) is 0 Å². The van der Waals surface area contributed by atoms with Gasteiger partial charge in [0.05, 0.1) is 11.3 Å². The van der Waals surface area contributed by atoms with E-state index in [2.05, 4.69) is 15.9 Å². The molecule has 1 aliphatic heterocycles. The summed E-state index contributed by atoms with van der Waals surface area (Å²) in [6, 6.07) is 4.82. The van der Waals surface area contributed by atoms with Crippen LogP contribution in [0.2, 0.25) is 0 Å². The van der Waals surface area contributed by atoms with E-state index in [0.29, 0.717) is 10.2 Å². The van der Waals surface area contributed by atoms with E-state index >= 15 is 0 Å². The Morgan fingerprint density at radius 1 is 1.38 bits per heavy atom. The number of fused-ring (bicyclic) bond motifs is 1. The standard InChI is InChI=1S/C10H6BrNO4/c11-5-2-1-3-6-8(5)9(15)10(16)12(6)4-7(13)14/h1-3H,4H2,(H,13,14). The Morgan fingerprint density at radius 2 is 2.06 bits per heavy atom. The van der Waals surface area contributed by atoms with Gasteiger partial charge in [-0.1, -0.05) is 6.07 Å². The first-order valence-corrected chi connectivity index (χ1v) is 5.18. The van der Waals surface area contributed by atoms with Crippen molar-refractivity contribution in [3.63, 3.8) is 0 Å². The molecular formula is C10H6BrNO4. The number of carboxylic acids is 1. The molecule has 5 nitrogen and oxygen atoms in total. The van der Waals surface area contributed by atoms with E-state index in [1.807, 2.05) is 0 Å². The van der Waals surface area contributed by atoms with Crippen LogP contribution < -0.4 is 4.90 Å². The fourth-order valence-electron chi connectivity index (χ4n) is 1.59. The summed E-state index contributed by atoms with van der Waals surface area (Å²) < 4.78 is 0.497. The van der Waals surface area contributed by atoms with Crippen LogP contribution in [0.3, 0.4) is 0 Å². The number of benzene rings is 1. The number of rotatable bonds is 2. The van der Waals surface area contributed by atoms with Gasteiger partial charge in [-0.05, 0) is 28.1 Å². The number of hydrogen-bond acceptors (Lipinski definition) is 3. The Hall–Kier alpha value is -1.69. The van der Waals surface area contributed by atoms with Crippen LogP contribution in [0, 0.1) is 0 Å². The zero-order valence-corrected chi connectivity index (χ0v) is 9.52. The Bertz CT molecular complexity index is 512. The molecule has 82 valence electrons. The number of halogens is 1. The maximum absolute atomic E-state index is 11.6. The second-order valence-corrected chi connectivity index (χ2v) is 4.10. The number of hydrogen-bond donors (Lipinski definition) is 1. The Morgan fingerprint density at radius 3 is 2.69 bits per heavy atom. The lowest BCUT2D eigenvalue weighted by atomic mass is 10.1. The van der Waals surface area contributed by atoms with Crippen LogP contribution in [0.15, 0.2) is 22.7 Å². The molecule has 0 radical (unpaired) electrons. The highest BCUT2D eigenvalue weighted by Crippen LogP contribution is 2.33. The van der Waals surface area contributed by atoms with Crippen molar-refractivity contribution in [3.05, 3.63) is 28.2 Å². The molecule has 0 atom stereocenters. The largest absolute Gasteiger partial charge is 0.480 e. The van der Waals surface area contributed by atoms with Crippen molar-refractivity contribution in [1.29, 1.82) is 0 Å². The normalized spacial score (nSPS) is 14.2. The van der Waals surface area contributed by atoms with Crippen molar-refractivity contribution in [2.24, 2.45) is 0 Å². The van der Waals surface area contributed by atoms with Crippen molar-refractivity contribution in [2.45, 2.75) is 0 Å². The minimum atomic E-state index is -1.16. The number of aliphatic carboxylic acids is 1. The van der Waals surface area contributed by atoms with Crippen LogP contribution in [-0.2, 0) is 9.59 Å². The van der Waals surface area contributed by atoms with Crippen LogP contribution in [0.4, 0.5) is 5.69 Å². The third kappa shape index (κ3) is 1.51. The van der Waals surface area contributed by atoms with Gasteiger partial charge in [-0.15, -0.1) is 0 Å². The van der Waals surface area contributed by atoms with E-state index in [-0.39, 0.29) is 5.56 Å². The average molecular weight is 284 g/mol. The van der Waals surface area contributed by atoms with Gasteiger partial charge in [0.15, 0.2) is 0 Å². The van der Waals surface area contributed by atoms with Crippen LogP contribution >= 0.6 is 15.9 Å². The maximum atomic E-state index is 11.6. The lowest BCUT2D eigenvalue weighted by molar-refractivity contribution is -0.136. The van der Waals surface area contributed by atoms with Crippen LogP contribution in [-0.4, -0.2) is 29.3 Å². The fraction of sp³-hybridized carbons (Fsp3) is 0.100. The van der Waals surface area contributed by atoms with E-state index < -0.39 is 24.2 Å².